The van der Waals surface area contributed by atoms with Crippen LogP contribution in [0.2, 0.25) is 0 Å². The molecule has 2 nitrogen and oxygen atoms in total. The minimum absolute atomic E-state index is 0.163. The van der Waals surface area contributed by atoms with Crippen LogP contribution in [0, 0.1) is 6.92 Å². The number of hydrogen-bond acceptors (Lipinski definition) is 3. The lowest BCUT2D eigenvalue weighted by molar-refractivity contribution is 0.587. The second kappa shape index (κ2) is 5.11. The third kappa shape index (κ3) is 3.10. The van der Waals surface area contributed by atoms with Gasteiger partial charge in [-0.05, 0) is 41.0 Å². The number of aryl methyl sites for hydroxylation is 1. The SMILES string of the molecule is Cc1ccsc1CNc1ccc(C(C)(C)C)cn1. The predicted molar refractivity (Wildman–Crippen MR) is 79.3 cm³/mol. The zero-order valence-corrected chi connectivity index (χ0v) is 12.3. The number of anilines is 1. The molecule has 2 aromatic rings. The van der Waals surface area contributed by atoms with Crippen molar-refractivity contribution in [2.24, 2.45) is 0 Å². The van der Waals surface area contributed by atoms with Gasteiger partial charge < -0.3 is 5.32 Å². The van der Waals surface area contributed by atoms with Gasteiger partial charge in [0.25, 0.3) is 0 Å². The Morgan fingerprint density at radius 1 is 1.22 bits per heavy atom. The summed E-state index contributed by atoms with van der Waals surface area (Å²) in [5.41, 5.74) is 2.77. The molecule has 0 aliphatic carbocycles. The largest absolute Gasteiger partial charge is 0.365 e. The maximum Gasteiger partial charge on any atom is 0.126 e. The van der Waals surface area contributed by atoms with Crippen molar-refractivity contribution in [2.45, 2.75) is 39.7 Å². The van der Waals surface area contributed by atoms with E-state index < -0.39 is 0 Å². The minimum Gasteiger partial charge on any atom is -0.365 e. The molecular formula is C15H20N2S. The Balaban J connectivity index is 2.01. The molecule has 0 aliphatic heterocycles. The molecule has 2 rings (SSSR count). The van der Waals surface area contributed by atoms with E-state index in [1.54, 1.807) is 11.3 Å². The average molecular weight is 260 g/mol. The van der Waals surface area contributed by atoms with Crippen LogP contribution in [0.25, 0.3) is 0 Å². The lowest BCUT2D eigenvalue weighted by Gasteiger charge is -2.18. The van der Waals surface area contributed by atoms with E-state index in [1.165, 1.54) is 16.0 Å². The van der Waals surface area contributed by atoms with Crippen LogP contribution in [-0.4, -0.2) is 4.98 Å². The van der Waals surface area contributed by atoms with E-state index in [0.717, 1.165) is 12.4 Å². The summed E-state index contributed by atoms with van der Waals surface area (Å²) in [6.45, 7) is 9.60. The third-order valence-electron chi connectivity index (χ3n) is 3.03. The Bertz CT molecular complexity index is 506. The van der Waals surface area contributed by atoms with E-state index in [-0.39, 0.29) is 5.41 Å². The molecule has 2 aromatic heterocycles. The van der Waals surface area contributed by atoms with Crippen LogP contribution < -0.4 is 5.32 Å². The van der Waals surface area contributed by atoms with Crippen molar-refractivity contribution in [3.63, 3.8) is 0 Å². The summed E-state index contributed by atoms with van der Waals surface area (Å²) in [6.07, 6.45) is 1.96. The summed E-state index contributed by atoms with van der Waals surface area (Å²) in [4.78, 5) is 5.84. The maximum atomic E-state index is 4.47. The van der Waals surface area contributed by atoms with Gasteiger partial charge in [0.05, 0.1) is 6.54 Å². The van der Waals surface area contributed by atoms with Gasteiger partial charge in [0, 0.05) is 11.1 Å². The van der Waals surface area contributed by atoms with Gasteiger partial charge in [-0.25, -0.2) is 4.98 Å². The summed E-state index contributed by atoms with van der Waals surface area (Å²) in [5.74, 6) is 0.941. The fourth-order valence-electron chi connectivity index (χ4n) is 1.70. The van der Waals surface area contributed by atoms with Crippen LogP contribution in [-0.2, 0) is 12.0 Å². The fourth-order valence-corrected chi connectivity index (χ4v) is 2.54. The molecule has 0 bridgehead atoms. The Morgan fingerprint density at radius 3 is 2.50 bits per heavy atom. The highest BCUT2D eigenvalue weighted by molar-refractivity contribution is 7.10. The van der Waals surface area contributed by atoms with Gasteiger partial charge in [0.15, 0.2) is 0 Å². The molecule has 2 heterocycles. The smallest absolute Gasteiger partial charge is 0.126 e. The molecule has 0 amide bonds. The second-order valence-electron chi connectivity index (χ2n) is 5.56. The van der Waals surface area contributed by atoms with Crippen molar-refractivity contribution in [2.75, 3.05) is 5.32 Å². The first kappa shape index (κ1) is 13.1. The molecule has 0 aromatic carbocycles. The number of thiophene rings is 1. The van der Waals surface area contributed by atoms with Crippen LogP contribution in [0.15, 0.2) is 29.8 Å². The average Bonchev–Trinajstić information content (AvgIpc) is 2.72. The van der Waals surface area contributed by atoms with Crippen LogP contribution in [0.1, 0.15) is 36.8 Å². The quantitative estimate of drug-likeness (QED) is 0.887. The fraction of sp³-hybridized carbons (Fsp3) is 0.400. The number of pyridine rings is 1. The molecule has 0 radical (unpaired) electrons. The standard InChI is InChI=1S/C15H20N2S/c1-11-7-8-18-13(11)10-17-14-6-5-12(9-16-14)15(2,3)4/h5-9H,10H2,1-4H3,(H,16,17). The number of aromatic nitrogens is 1. The Hall–Kier alpha value is -1.35. The molecule has 0 fully saturated rings. The van der Waals surface area contributed by atoms with Gasteiger partial charge >= 0.3 is 0 Å². The Labute approximate surface area is 113 Å². The summed E-state index contributed by atoms with van der Waals surface area (Å²) < 4.78 is 0. The zero-order chi connectivity index (χ0) is 13.2. The van der Waals surface area contributed by atoms with Gasteiger partial charge in [-0.15, -0.1) is 11.3 Å². The lowest BCUT2D eigenvalue weighted by atomic mass is 9.88. The minimum atomic E-state index is 0.163. The molecule has 0 saturated heterocycles. The number of hydrogen-bond donors (Lipinski definition) is 1. The summed E-state index contributed by atoms with van der Waals surface area (Å²) >= 11 is 1.79. The molecule has 1 N–H and O–H groups in total. The molecule has 0 saturated carbocycles. The van der Waals surface area contributed by atoms with E-state index in [2.05, 4.69) is 61.6 Å². The predicted octanol–water partition coefficient (Wildman–Crippen LogP) is 4.36. The number of rotatable bonds is 3. The van der Waals surface area contributed by atoms with E-state index in [4.69, 9.17) is 0 Å². The van der Waals surface area contributed by atoms with Crippen LogP contribution in [0.4, 0.5) is 5.82 Å². The van der Waals surface area contributed by atoms with E-state index in [1.807, 2.05) is 6.20 Å². The number of nitrogens with zero attached hydrogens (tertiary/aromatic N) is 1. The van der Waals surface area contributed by atoms with Gasteiger partial charge in [0.2, 0.25) is 0 Å². The van der Waals surface area contributed by atoms with Gasteiger partial charge in [0.1, 0.15) is 5.82 Å². The van der Waals surface area contributed by atoms with Crippen molar-refractivity contribution in [1.29, 1.82) is 0 Å². The molecule has 18 heavy (non-hydrogen) atoms. The second-order valence-corrected chi connectivity index (χ2v) is 6.56. The monoisotopic (exact) mass is 260 g/mol. The normalized spacial score (nSPS) is 11.6. The number of nitrogens with one attached hydrogen (secondary N) is 1. The Morgan fingerprint density at radius 2 is 2.00 bits per heavy atom. The molecule has 96 valence electrons. The molecule has 3 heteroatoms. The van der Waals surface area contributed by atoms with Gasteiger partial charge in [-0.1, -0.05) is 26.8 Å². The third-order valence-corrected chi connectivity index (χ3v) is 4.05. The lowest BCUT2D eigenvalue weighted by Crippen LogP contribution is -2.11. The molecular weight excluding hydrogens is 240 g/mol. The first-order valence-corrected chi connectivity index (χ1v) is 7.08. The highest BCUT2D eigenvalue weighted by atomic mass is 32.1. The first-order valence-electron chi connectivity index (χ1n) is 6.20. The van der Waals surface area contributed by atoms with Crippen LogP contribution in [0.5, 0.6) is 0 Å². The first-order chi connectivity index (χ1) is 8.47. The van der Waals surface area contributed by atoms with E-state index >= 15 is 0 Å². The Kier molecular flexibility index (Phi) is 3.71. The molecule has 0 atom stereocenters. The van der Waals surface area contributed by atoms with E-state index in [0.29, 0.717) is 0 Å². The molecule has 0 aliphatic rings. The van der Waals surface area contributed by atoms with Crippen LogP contribution >= 0.6 is 11.3 Å². The van der Waals surface area contributed by atoms with Gasteiger partial charge in [-0.2, -0.15) is 0 Å². The van der Waals surface area contributed by atoms with Crippen molar-refractivity contribution in [3.05, 3.63) is 45.8 Å². The maximum absolute atomic E-state index is 4.47. The highest BCUT2D eigenvalue weighted by Crippen LogP contribution is 2.22. The molecule has 0 spiro atoms. The van der Waals surface area contributed by atoms with Crippen molar-refractivity contribution in [3.8, 4) is 0 Å². The van der Waals surface area contributed by atoms with Gasteiger partial charge in [-0.3, -0.25) is 0 Å². The van der Waals surface area contributed by atoms with E-state index in [9.17, 15) is 0 Å². The van der Waals surface area contributed by atoms with Crippen molar-refractivity contribution >= 4 is 17.2 Å². The van der Waals surface area contributed by atoms with Crippen molar-refractivity contribution in [1.82, 2.24) is 4.98 Å². The molecule has 0 unspecified atom stereocenters. The summed E-state index contributed by atoms with van der Waals surface area (Å²) in [6, 6.07) is 6.36. The topological polar surface area (TPSA) is 24.9 Å². The highest BCUT2D eigenvalue weighted by Gasteiger charge is 2.13. The summed E-state index contributed by atoms with van der Waals surface area (Å²) in [5, 5.41) is 5.49. The van der Waals surface area contributed by atoms with Crippen LogP contribution in [0.3, 0.4) is 0 Å². The summed E-state index contributed by atoms with van der Waals surface area (Å²) in [7, 11) is 0. The van der Waals surface area contributed by atoms with Crippen molar-refractivity contribution < 1.29 is 0 Å². The zero-order valence-electron chi connectivity index (χ0n) is 11.4.